The van der Waals surface area contributed by atoms with E-state index in [2.05, 4.69) is 34.3 Å². The van der Waals surface area contributed by atoms with E-state index in [1.165, 1.54) is 11.3 Å². The van der Waals surface area contributed by atoms with Crippen molar-refractivity contribution >= 4 is 47.9 Å². The van der Waals surface area contributed by atoms with Gasteiger partial charge in [-0.05, 0) is 56.8 Å². The van der Waals surface area contributed by atoms with Crippen LogP contribution in [0, 0.1) is 11.3 Å². The number of anilines is 2. The van der Waals surface area contributed by atoms with Crippen molar-refractivity contribution < 1.29 is 0 Å². The van der Waals surface area contributed by atoms with Gasteiger partial charge in [-0.1, -0.05) is 18.5 Å². The molecule has 1 spiro atoms. The monoisotopic (exact) mass is 451 g/mol. The van der Waals surface area contributed by atoms with E-state index in [-0.39, 0.29) is 30.2 Å². The number of aryl methyl sites for hydroxylation is 1. The van der Waals surface area contributed by atoms with Crippen LogP contribution in [0.3, 0.4) is 0 Å². The lowest BCUT2D eigenvalue weighted by Crippen LogP contribution is -2.43. The Labute approximate surface area is 188 Å². The minimum Gasteiger partial charge on any atom is -0.325 e. The molecule has 1 unspecified atom stereocenters. The standard InChI is InChI=1S/C21H22ClN5.2ClH/c1-13-2-4-16-18(13)20(26-12-25-16)27-11-21(6-8-24-9-7-21)19-14(10-23)15(22)3-5-17(19)27;;/h3,5,12-13,24H,2,4,6-9,11H2,1H3;2*1H. The summed E-state index contributed by atoms with van der Waals surface area (Å²) in [5, 5.41) is 13.9. The van der Waals surface area contributed by atoms with Crippen LogP contribution in [0.25, 0.3) is 0 Å². The molecule has 154 valence electrons. The fourth-order valence-electron chi connectivity index (χ4n) is 5.24. The van der Waals surface area contributed by atoms with Gasteiger partial charge in [-0.15, -0.1) is 24.8 Å². The van der Waals surface area contributed by atoms with Gasteiger partial charge in [0, 0.05) is 34.5 Å². The Balaban J connectivity index is 0.00000120. The molecule has 3 aliphatic rings. The maximum Gasteiger partial charge on any atom is 0.140 e. The molecular weight excluding hydrogens is 429 g/mol. The Morgan fingerprint density at radius 2 is 2.00 bits per heavy atom. The first-order valence-corrected chi connectivity index (χ1v) is 10.1. The first-order valence-electron chi connectivity index (χ1n) is 9.70. The SMILES string of the molecule is CC1CCc2ncnc(N3CC4(CCNCC4)c4c3ccc(Cl)c4C#N)c21.Cl.Cl. The molecule has 1 saturated heterocycles. The predicted octanol–water partition coefficient (Wildman–Crippen LogP) is 4.67. The van der Waals surface area contributed by atoms with E-state index in [4.69, 9.17) is 16.6 Å². The number of nitriles is 1. The van der Waals surface area contributed by atoms with Crippen molar-refractivity contribution in [1.82, 2.24) is 15.3 Å². The van der Waals surface area contributed by atoms with Crippen LogP contribution in [0.15, 0.2) is 18.5 Å². The van der Waals surface area contributed by atoms with E-state index in [1.54, 1.807) is 6.33 Å². The Morgan fingerprint density at radius 1 is 1.24 bits per heavy atom. The number of aromatic nitrogens is 2. The molecule has 0 radical (unpaired) electrons. The molecule has 2 aromatic rings. The summed E-state index contributed by atoms with van der Waals surface area (Å²) in [6.45, 7) is 5.04. The van der Waals surface area contributed by atoms with E-state index in [1.807, 2.05) is 6.07 Å². The highest BCUT2D eigenvalue weighted by molar-refractivity contribution is 6.32. The third-order valence-corrected chi connectivity index (χ3v) is 6.91. The second kappa shape index (κ2) is 8.28. The van der Waals surface area contributed by atoms with Crippen LogP contribution in [0.2, 0.25) is 5.02 Å². The summed E-state index contributed by atoms with van der Waals surface area (Å²) in [6, 6.07) is 6.32. The van der Waals surface area contributed by atoms with Gasteiger partial charge >= 0.3 is 0 Å². The third kappa shape index (κ3) is 3.27. The van der Waals surface area contributed by atoms with Crippen molar-refractivity contribution in [3.05, 3.63) is 45.9 Å². The molecule has 1 fully saturated rings. The Morgan fingerprint density at radius 3 is 2.72 bits per heavy atom. The van der Waals surface area contributed by atoms with E-state index < -0.39 is 0 Å². The molecule has 29 heavy (non-hydrogen) atoms. The van der Waals surface area contributed by atoms with Crippen LogP contribution in [0.5, 0.6) is 0 Å². The van der Waals surface area contributed by atoms with Gasteiger partial charge < -0.3 is 10.2 Å². The van der Waals surface area contributed by atoms with Gasteiger partial charge in [-0.2, -0.15) is 5.26 Å². The lowest BCUT2D eigenvalue weighted by Gasteiger charge is -2.35. The number of nitrogens with zero attached hydrogens (tertiary/aromatic N) is 4. The van der Waals surface area contributed by atoms with Crippen molar-refractivity contribution in [2.45, 2.75) is 43.9 Å². The van der Waals surface area contributed by atoms with Gasteiger partial charge in [0.25, 0.3) is 0 Å². The molecule has 1 aliphatic carbocycles. The van der Waals surface area contributed by atoms with Crippen molar-refractivity contribution in [3.8, 4) is 6.07 Å². The lowest BCUT2D eigenvalue weighted by molar-refractivity contribution is 0.328. The first-order chi connectivity index (χ1) is 13.1. The van der Waals surface area contributed by atoms with Crippen molar-refractivity contribution in [3.63, 3.8) is 0 Å². The average Bonchev–Trinajstić information content (AvgIpc) is 3.22. The average molecular weight is 453 g/mol. The minimum atomic E-state index is -0.0454. The molecule has 8 heteroatoms. The quantitative estimate of drug-likeness (QED) is 0.681. The molecule has 1 aromatic carbocycles. The zero-order valence-corrected chi connectivity index (χ0v) is 18.6. The molecule has 1 aromatic heterocycles. The van der Waals surface area contributed by atoms with Crippen molar-refractivity contribution in [2.75, 3.05) is 24.5 Å². The summed E-state index contributed by atoms with van der Waals surface area (Å²) >= 11 is 6.44. The molecule has 3 heterocycles. The summed E-state index contributed by atoms with van der Waals surface area (Å²) in [5.74, 6) is 1.49. The van der Waals surface area contributed by atoms with E-state index >= 15 is 0 Å². The zero-order chi connectivity index (χ0) is 18.6. The van der Waals surface area contributed by atoms with Gasteiger partial charge in [-0.25, -0.2) is 9.97 Å². The lowest BCUT2D eigenvalue weighted by atomic mass is 9.73. The molecule has 0 amide bonds. The molecule has 5 nitrogen and oxygen atoms in total. The van der Waals surface area contributed by atoms with Gasteiger partial charge in [0.1, 0.15) is 18.2 Å². The Kier molecular flexibility index (Phi) is 6.31. The largest absolute Gasteiger partial charge is 0.325 e. The number of hydrogen-bond acceptors (Lipinski definition) is 5. The third-order valence-electron chi connectivity index (χ3n) is 6.59. The summed E-state index contributed by atoms with van der Waals surface area (Å²) in [4.78, 5) is 11.6. The van der Waals surface area contributed by atoms with Gasteiger partial charge in [0.15, 0.2) is 0 Å². The molecule has 0 bridgehead atoms. The summed E-state index contributed by atoms with van der Waals surface area (Å²) < 4.78 is 0. The van der Waals surface area contributed by atoms with Crippen LogP contribution >= 0.6 is 36.4 Å². The molecule has 2 aliphatic heterocycles. The number of piperidine rings is 1. The van der Waals surface area contributed by atoms with Crippen LogP contribution in [0.4, 0.5) is 11.5 Å². The zero-order valence-electron chi connectivity index (χ0n) is 16.2. The molecule has 1 atom stereocenters. The number of nitrogens with one attached hydrogen (secondary N) is 1. The van der Waals surface area contributed by atoms with Crippen LogP contribution < -0.4 is 10.2 Å². The van der Waals surface area contributed by atoms with Crippen molar-refractivity contribution in [1.29, 1.82) is 5.26 Å². The summed E-state index contributed by atoms with van der Waals surface area (Å²) in [6.07, 6.45) is 5.86. The molecule has 1 N–H and O–H groups in total. The van der Waals surface area contributed by atoms with Crippen LogP contribution in [0.1, 0.15) is 54.5 Å². The topological polar surface area (TPSA) is 64.8 Å². The predicted molar refractivity (Wildman–Crippen MR) is 120 cm³/mol. The van der Waals surface area contributed by atoms with Gasteiger partial charge in [0.2, 0.25) is 0 Å². The molecular formula is C21H24Cl3N5. The minimum absolute atomic E-state index is 0. The van der Waals surface area contributed by atoms with Crippen LogP contribution in [-0.4, -0.2) is 29.6 Å². The maximum absolute atomic E-state index is 9.86. The van der Waals surface area contributed by atoms with Crippen LogP contribution in [-0.2, 0) is 11.8 Å². The van der Waals surface area contributed by atoms with Gasteiger partial charge in [-0.3, -0.25) is 0 Å². The maximum atomic E-state index is 9.86. The smallest absolute Gasteiger partial charge is 0.140 e. The highest BCUT2D eigenvalue weighted by Crippen LogP contribution is 2.52. The fourth-order valence-corrected chi connectivity index (χ4v) is 5.44. The fraction of sp³-hybridized carbons (Fsp3) is 0.476. The number of fused-ring (bicyclic) bond motifs is 3. The highest BCUT2D eigenvalue weighted by atomic mass is 35.5. The first kappa shape index (κ1) is 22.1. The van der Waals surface area contributed by atoms with Crippen molar-refractivity contribution in [2.24, 2.45) is 0 Å². The second-order valence-corrected chi connectivity index (χ2v) is 8.45. The number of hydrogen-bond donors (Lipinski definition) is 1. The molecule has 0 saturated carbocycles. The second-order valence-electron chi connectivity index (χ2n) is 8.04. The van der Waals surface area contributed by atoms with E-state index in [9.17, 15) is 5.26 Å². The summed E-state index contributed by atoms with van der Waals surface area (Å²) in [5.41, 5.74) is 5.26. The number of benzene rings is 1. The van der Waals surface area contributed by atoms with Gasteiger partial charge in [0.05, 0.1) is 10.6 Å². The number of halogens is 3. The normalized spacial score (nSPS) is 21.0. The van der Waals surface area contributed by atoms with E-state index in [0.29, 0.717) is 16.5 Å². The Bertz CT molecular complexity index is 966. The Hall–Kier alpha value is -1.58. The summed E-state index contributed by atoms with van der Waals surface area (Å²) in [7, 11) is 0. The molecule has 5 rings (SSSR count). The van der Waals surface area contributed by atoms with E-state index in [0.717, 1.165) is 62.4 Å². The highest BCUT2D eigenvalue weighted by Gasteiger charge is 2.47. The number of rotatable bonds is 1.